The van der Waals surface area contributed by atoms with E-state index in [0.717, 1.165) is 36.1 Å². The molecule has 9 heteroatoms. The average Bonchev–Trinajstić information content (AvgIpc) is 2.45. The fourth-order valence-corrected chi connectivity index (χ4v) is 2.39. The molecule has 6 nitrogen and oxygen atoms in total. The molecule has 0 atom stereocenters. The molecule has 1 aromatic rings. The van der Waals surface area contributed by atoms with Crippen molar-refractivity contribution in [2.24, 2.45) is 5.73 Å². The van der Waals surface area contributed by atoms with E-state index in [-0.39, 0.29) is 31.4 Å². The lowest BCUT2D eigenvalue weighted by Gasteiger charge is -2.14. The van der Waals surface area contributed by atoms with Gasteiger partial charge in [-0.05, 0) is 60.2 Å². The van der Waals surface area contributed by atoms with Gasteiger partial charge in [0.25, 0.3) is 5.91 Å². The fraction of sp³-hybridized carbons (Fsp3) is 0.500. The van der Waals surface area contributed by atoms with Gasteiger partial charge in [-0.15, -0.1) is 0 Å². The van der Waals surface area contributed by atoms with E-state index in [4.69, 9.17) is 15.2 Å². The highest BCUT2D eigenvalue weighted by Crippen LogP contribution is 2.36. The summed E-state index contributed by atoms with van der Waals surface area (Å²) in [5.41, 5.74) is 6.15. The number of hydrogen-bond acceptors (Lipinski definition) is 5. The van der Waals surface area contributed by atoms with E-state index in [9.17, 15) is 4.79 Å². The molecule has 0 unspecified atom stereocenters. The topological polar surface area (TPSA) is 85.6 Å². The van der Waals surface area contributed by atoms with Crippen molar-refractivity contribution in [3.05, 3.63) is 22.2 Å². The van der Waals surface area contributed by atoms with Crippen LogP contribution in [0, 0.1) is 0 Å². The van der Waals surface area contributed by atoms with Crippen molar-refractivity contribution in [1.29, 1.82) is 0 Å². The average molecular weight is 431 g/mol. The molecule has 1 aromatic carbocycles. The smallest absolute Gasteiger partial charge is 0.255 e. The van der Waals surface area contributed by atoms with Crippen molar-refractivity contribution in [2.45, 2.75) is 13.0 Å². The monoisotopic (exact) mass is 429 g/mol. The van der Waals surface area contributed by atoms with Crippen LogP contribution in [0.3, 0.4) is 0 Å². The Labute approximate surface area is 157 Å². The Balaban J connectivity index is 0. The Morgan fingerprint density at radius 3 is 2.57 bits per heavy atom. The Morgan fingerprint density at radius 2 is 2.00 bits per heavy atom. The summed E-state index contributed by atoms with van der Waals surface area (Å²) in [6.07, 6.45) is 1.06. The third-order valence-electron chi connectivity index (χ3n) is 2.76. The van der Waals surface area contributed by atoms with Gasteiger partial charge in [0.2, 0.25) is 0 Å². The van der Waals surface area contributed by atoms with E-state index in [1.54, 1.807) is 7.11 Å². The van der Waals surface area contributed by atoms with Gasteiger partial charge in [0.15, 0.2) is 18.1 Å². The second kappa shape index (κ2) is 13.7. The molecule has 0 saturated heterocycles. The Hall–Kier alpha value is -0.730. The van der Waals surface area contributed by atoms with E-state index in [0.29, 0.717) is 11.5 Å². The van der Waals surface area contributed by atoms with Crippen LogP contribution in [0.5, 0.6) is 11.5 Å². The molecule has 0 aromatic heterocycles. The van der Waals surface area contributed by atoms with Crippen molar-refractivity contribution in [3.63, 3.8) is 0 Å². The van der Waals surface area contributed by atoms with Crippen molar-refractivity contribution in [3.8, 4) is 11.5 Å². The molecule has 0 fully saturated rings. The van der Waals surface area contributed by atoms with Gasteiger partial charge in [-0.2, -0.15) is 0 Å². The number of amides is 1. The molecular weight excluding hydrogens is 409 g/mol. The summed E-state index contributed by atoms with van der Waals surface area (Å²) in [4.78, 5) is 10.8. The molecule has 0 bridgehead atoms. The number of carbonyl (C=O) groups is 1. The molecular formula is C14H22BrCl2N3O3-2. The van der Waals surface area contributed by atoms with Crippen molar-refractivity contribution >= 4 is 21.8 Å². The molecule has 0 saturated carbocycles. The number of halogens is 3. The molecule has 0 radical (unpaired) electrons. The summed E-state index contributed by atoms with van der Waals surface area (Å²) < 4.78 is 11.4. The number of rotatable bonds is 10. The normalized spacial score (nSPS) is 9.52. The number of ether oxygens (including phenoxy) is 2. The highest BCUT2D eigenvalue weighted by molar-refractivity contribution is 9.10. The van der Waals surface area contributed by atoms with Gasteiger partial charge in [-0.1, -0.05) is 0 Å². The van der Waals surface area contributed by atoms with Crippen LogP contribution < -0.4 is 50.7 Å². The summed E-state index contributed by atoms with van der Waals surface area (Å²) >= 11 is 3.43. The maximum Gasteiger partial charge on any atom is 0.255 e. The van der Waals surface area contributed by atoms with Gasteiger partial charge >= 0.3 is 0 Å². The van der Waals surface area contributed by atoms with Crippen LogP contribution in [0.25, 0.3) is 0 Å². The second-order valence-corrected chi connectivity index (χ2v) is 5.35. The Morgan fingerprint density at radius 1 is 1.30 bits per heavy atom. The minimum atomic E-state index is -0.528. The highest BCUT2D eigenvalue weighted by atomic mass is 79.9. The van der Waals surface area contributed by atoms with Gasteiger partial charge in [0.05, 0.1) is 11.6 Å². The molecule has 0 aliphatic rings. The van der Waals surface area contributed by atoms with Crippen molar-refractivity contribution < 1.29 is 39.1 Å². The molecule has 1 amide bonds. The second-order valence-electron chi connectivity index (χ2n) is 4.50. The number of carbonyl (C=O) groups excluding carboxylic acids is 1. The summed E-state index contributed by atoms with van der Waals surface area (Å²) in [5, 5.41) is 6.46. The first-order chi connectivity index (χ1) is 10.1. The Bertz CT molecular complexity index is 479. The molecule has 0 aliphatic carbocycles. The molecule has 0 heterocycles. The predicted molar refractivity (Wildman–Crippen MR) is 85.6 cm³/mol. The zero-order valence-electron chi connectivity index (χ0n) is 13.1. The van der Waals surface area contributed by atoms with Crippen molar-refractivity contribution in [2.75, 3.05) is 33.9 Å². The zero-order valence-corrected chi connectivity index (χ0v) is 16.2. The van der Waals surface area contributed by atoms with Crippen LogP contribution >= 0.6 is 15.9 Å². The predicted octanol–water partition coefficient (Wildman–Crippen LogP) is -4.97. The van der Waals surface area contributed by atoms with Crippen LogP contribution in [0.2, 0.25) is 0 Å². The highest BCUT2D eigenvalue weighted by Gasteiger charge is 2.12. The SMILES string of the molecule is CNCCCNCc1cc(Br)c(OCC(N)=O)c(OC)c1.[Cl-].[Cl-]. The van der Waals surface area contributed by atoms with Gasteiger partial charge in [-0.25, -0.2) is 0 Å². The van der Waals surface area contributed by atoms with E-state index in [2.05, 4.69) is 26.6 Å². The number of methoxy groups -OCH3 is 1. The first-order valence-electron chi connectivity index (χ1n) is 6.71. The van der Waals surface area contributed by atoms with Crippen LogP contribution in [0.15, 0.2) is 16.6 Å². The lowest BCUT2D eigenvalue weighted by atomic mass is 10.2. The van der Waals surface area contributed by atoms with Gasteiger partial charge in [0.1, 0.15) is 0 Å². The van der Waals surface area contributed by atoms with E-state index in [1.807, 2.05) is 19.2 Å². The van der Waals surface area contributed by atoms with Crippen LogP contribution in [-0.4, -0.2) is 39.8 Å². The molecule has 0 spiro atoms. The third-order valence-corrected chi connectivity index (χ3v) is 3.35. The number of nitrogens with one attached hydrogen (secondary N) is 2. The van der Waals surface area contributed by atoms with E-state index < -0.39 is 5.91 Å². The maximum atomic E-state index is 10.8. The summed E-state index contributed by atoms with van der Waals surface area (Å²) in [5.74, 6) is 0.520. The van der Waals surface area contributed by atoms with Crippen LogP contribution in [0.4, 0.5) is 0 Å². The lowest BCUT2D eigenvalue weighted by Crippen LogP contribution is -3.00. The fourth-order valence-electron chi connectivity index (χ4n) is 1.78. The van der Waals surface area contributed by atoms with E-state index >= 15 is 0 Å². The quantitative estimate of drug-likeness (QED) is 0.324. The minimum Gasteiger partial charge on any atom is -1.00 e. The molecule has 4 N–H and O–H groups in total. The minimum absolute atomic E-state index is 0. The van der Waals surface area contributed by atoms with Gasteiger partial charge in [0, 0.05) is 6.54 Å². The third kappa shape index (κ3) is 9.22. The number of primary amides is 1. The van der Waals surface area contributed by atoms with Crippen LogP contribution in [-0.2, 0) is 11.3 Å². The van der Waals surface area contributed by atoms with Gasteiger partial charge < -0.3 is 50.7 Å². The first-order valence-corrected chi connectivity index (χ1v) is 7.50. The van der Waals surface area contributed by atoms with Gasteiger partial charge in [-0.3, -0.25) is 4.79 Å². The lowest BCUT2D eigenvalue weighted by molar-refractivity contribution is -0.120. The Kier molecular flexibility index (Phi) is 14.6. The first kappa shape index (κ1) is 24.5. The maximum absolute atomic E-state index is 10.8. The molecule has 0 aliphatic heterocycles. The summed E-state index contributed by atoms with van der Waals surface area (Å²) in [7, 11) is 3.50. The standard InChI is InChI=1S/C14H22BrN3O3.2ClH/c1-17-4-3-5-18-8-10-6-11(15)14(12(7-10)20-2)21-9-13(16)19;;/h6-7,17-18H,3-5,8-9H2,1-2H3,(H2,16,19);2*1H/p-2. The number of hydrogen-bond donors (Lipinski definition) is 3. The number of benzene rings is 1. The largest absolute Gasteiger partial charge is 1.00 e. The van der Waals surface area contributed by atoms with E-state index in [1.165, 1.54) is 0 Å². The zero-order chi connectivity index (χ0) is 15.7. The molecule has 134 valence electrons. The summed E-state index contributed by atoms with van der Waals surface area (Å²) in [6, 6.07) is 3.82. The molecule has 23 heavy (non-hydrogen) atoms. The molecule has 1 rings (SSSR count). The summed E-state index contributed by atoms with van der Waals surface area (Å²) in [6.45, 7) is 2.46. The number of nitrogens with two attached hydrogens (primary N) is 1. The van der Waals surface area contributed by atoms with Crippen molar-refractivity contribution in [1.82, 2.24) is 10.6 Å². The van der Waals surface area contributed by atoms with Crippen LogP contribution in [0.1, 0.15) is 12.0 Å².